The Kier molecular flexibility index (Phi) is 4.30. The first-order valence-corrected chi connectivity index (χ1v) is 6.27. The first kappa shape index (κ1) is 15.7. The van der Waals surface area contributed by atoms with Crippen LogP contribution in [0.4, 0.5) is 18.9 Å². The van der Waals surface area contributed by atoms with Gasteiger partial charge in [-0.15, -0.1) is 0 Å². The molecular formula is C14H12F3N3O2. The minimum Gasteiger partial charge on any atom is -0.324 e. The van der Waals surface area contributed by atoms with Gasteiger partial charge in [0.25, 0.3) is 0 Å². The molecule has 22 heavy (non-hydrogen) atoms. The molecule has 1 heterocycles. The van der Waals surface area contributed by atoms with E-state index < -0.39 is 17.8 Å². The second kappa shape index (κ2) is 6.00. The van der Waals surface area contributed by atoms with E-state index in [9.17, 15) is 22.8 Å². The van der Waals surface area contributed by atoms with Gasteiger partial charge in [-0.1, -0.05) is 12.1 Å². The number of aromatic nitrogens is 2. The number of halogens is 3. The van der Waals surface area contributed by atoms with Crippen LogP contribution in [0.3, 0.4) is 0 Å². The number of alkyl halides is 3. The largest absolute Gasteiger partial charge is 0.435 e. The maximum absolute atomic E-state index is 12.4. The maximum atomic E-state index is 12.4. The van der Waals surface area contributed by atoms with Crippen LogP contribution in [0.15, 0.2) is 36.5 Å². The summed E-state index contributed by atoms with van der Waals surface area (Å²) in [4.78, 5) is 23.0. The number of carbonyl (C=O) groups is 2. The van der Waals surface area contributed by atoms with Crippen molar-refractivity contribution in [1.82, 2.24) is 9.78 Å². The highest BCUT2D eigenvalue weighted by molar-refractivity contribution is 5.97. The summed E-state index contributed by atoms with van der Waals surface area (Å²) in [6, 6.07) is 7.06. The molecule has 2 rings (SSSR count). The number of hydrogen-bond acceptors (Lipinski definition) is 3. The number of Topliss-reactive ketones (excluding diaryl/α,β-unsaturated/α-hetero) is 1. The van der Waals surface area contributed by atoms with E-state index in [0.29, 0.717) is 11.3 Å². The SMILES string of the molecule is CC(=O)c1cccc(NC(=O)Cn2ccc(C(F)(F)F)n2)c1. The van der Waals surface area contributed by atoms with E-state index >= 15 is 0 Å². The molecular weight excluding hydrogens is 299 g/mol. The fourth-order valence-corrected chi connectivity index (χ4v) is 1.76. The molecule has 1 aromatic heterocycles. The van der Waals surface area contributed by atoms with Gasteiger partial charge in [0.1, 0.15) is 6.54 Å². The van der Waals surface area contributed by atoms with Gasteiger partial charge >= 0.3 is 6.18 Å². The van der Waals surface area contributed by atoms with E-state index in [1.54, 1.807) is 18.2 Å². The summed E-state index contributed by atoms with van der Waals surface area (Å²) in [5.41, 5.74) is -0.240. The maximum Gasteiger partial charge on any atom is 0.435 e. The Morgan fingerprint density at radius 1 is 1.27 bits per heavy atom. The molecule has 0 unspecified atom stereocenters. The van der Waals surface area contributed by atoms with Gasteiger partial charge in [0.15, 0.2) is 11.5 Å². The summed E-state index contributed by atoms with van der Waals surface area (Å²) in [5, 5.41) is 5.79. The van der Waals surface area contributed by atoms with E-state index in [-0.39, 0.29) is 12.3 Å². The number of rotatable bonds is 4. The van der Waals surface area contributed by atoms with E-state index in [2.05, 4.69) is 10.4 Å². The quantitative estimate of drug-likeness (QED) is 0.883. The van der Waals surface area contributed by atoms with Crippen LogP contribution in [-0.4, -0.2) is 21.5 Å². The summed E-state index contributed by atoms with van der Waals surface area (Å²) in [6.45, 7) is 1.03. The normalized spacial score (nSPS) is 11.3. The van der Waals surface area contributed by atoms with Crippen LogP contribution in [0.2, 0.25) is 0 Å². The Balaban J connectivity index is 2.03. The van der Waals surface area contributed by atoms with Crippen LogP contribution >= 0.6 is 0 Å². The molecule has 0 aliphatic carbocycles. The molecule has 0 spiro atoms. The van der Waals surface area contributed by atoms with Crippen molar-refractivity contribution in [2.45, 2.75) is 19.6 Å². The Labute approximate surface area is 123 Å². The lowest BCUT2D eigenvalue weighted by atomic mass is 10.1. The Morgan fingerprint density at radius 3 is 2.59 bits per heavy atom. The molecule has 0 fully saturated rings. The van der Waals surface area contributed by atoms with Crippen molar-refractivity contribution < 1.29 is 22.8 Å². The number of benzene rings is 1. The molecule has 0 bridgehead atoms. The topological polar surface area (TPSA) is 64.0 Å². The third-order valence-electron chi connectivity index (χ3n) is 2.79. The van der Waals surface area contributed by atoms with Crippen molar-refractivity contribution in [1.29, 1.82) is 0 Å². The van der Waals surface area contributed by atoms with Crippen molar-refractivity contribution in [3.8, 4) is 0 Å². The molecule has 0 saturated heterocycles. The van der Waals surface area contributed by atoms with Gasteiger partial charge in [-0.25, -0.2) is 0 Å². The average Bonchev–Trinajstić information content (AvgIpc) is 2.87. The third kappa shape index (κ3) is 3.94. The lowest BCUT2D eigenvalue weighted by molar-refractivity contribution is -0.141. The molecule has 2 aromatic rings. The van der Waals surface area contributed by atoms with Crippen LogP contribution < -0.4 is 5.32 Å². The summed E-state index contributed by atoms with van der Waals surface area (Å²) < 4.78 is 38.1. The van der Waals surface area contributed by atoms with E-state index in [0.717, 1.165) is 16.9 Å². The van der Waals surface area contributed by atoms with E-state index in [1.165, 1.54) is 13.0 Å². The van der Waals surface area contributed by atoms with Gasteiger partial charge in [0.05, 0.1) is 0 Å². The van der Waals surface area contributed by atoms with E-state index in [1.807, 2.05) is 0 Å². The van der Waals surface area contributed by atoms with Gasteiger partial charge in [-0.3, -0.25) is 14.3 Å². The first-order chi connectivity index (χ1) is 10.3. The number of amides is 1. The highest BCUT2D eigenvalue weighted by Crippen LogP contribution is 2.27. The summed E-state index contributed by atoms with van der Waals surface area (Å²) >= 11 is 0. The summed E-state index contributed by atoms with van der Waals surface area (Å²) in [6.07, 6.45) is -3.47. The van der Waals surface area contributed by atoms with E-state index in [4.69, 9.17) is 0 Å². The molecule has 1 N–H and O–H groups in total. The molecule has 0 radical (unpaired) electrons. The van der Waals surface area contributed by atoms with Gasteiger partial charge < -0.3 is 5.32 Å². The van der Waals surface area contributed by atoms with Crippen LogP contribution in [0, 0.1) is 0 Å². The minimum atomic E-state index is -4.54. The third-order valence-corrected chi connectivity index (χ3v) is 2.79. The standard InChI is InChI=1S/C14H12F3N3O2/c1-9(21)10-3-2-4-11(7-10)18-13(22)8-20-6-5-12(19-20)14(15,16)17/h2-7H,8H2,1H3,(H,18,22). The van der Waals surface area contributed by atoms with Crippen LogP contribution in [0.1, 0.15) is 23.0 Å². The Hall–Kier alpha value is -2.64. The molecule has 0 aliphatic heterocycles. The predicted molar refractivity (Wildman–Crippen MR) is 72.3 cm³/mol. The molecule has 0 saturated carbocycles. The van der Waals surface area contributed by atoms with Crippen molar-refractivity contribution in [2.24, 2.45) is 0 Å². The highest BCUT2D eigenvalue weighted by Gasteiger charge is 2.33. The first-order valence-electron chi connectivity index (χ1n) is 6.27. The zero-order chi connectivity index (χ0) is 16.3. The number of carbonyl (C=O) groups excluding carboxylic acids is 2. The number of anilines is 1. The monoisotopic (exact) mass is 311 g/mol. The second-order valence-electron chi connectivity index (χ2n) is 4.58. The zero-order valence-electron chi connectivity index (χ0n) is 11.5. The fraction of sp³-hybridized carbons (Fsp3) is 0.214. The summed E-state index contributed by atoms with van der Waals surface area (Å²) in [7, 11) is 0. The molecule has 116 valence electrons. The minimum absolute atomic E-state index is 0.155. The number of nitrogens with zero attached hydrogens (tertiary/aromatic N) is 2. The molecule has 0 aliphatic rings. The fourth-order valence-electron chi connectivity index (χ4n) is 1.76. The van der Waals surface area contributed by atoms with Gasteiger partial charge in [0.2, 0.25) is 5.91 Å². The molecule has 0 atom stereocenters. The van der Waals surface area contributed by atoms with Crippen molar-refractivity contribution in [2.75, 3.05) is 5.32 Å². The van der Waals surface area contributed by atoms with Crippen LogP contribution in [0.5, 0.6) is 0 Å². The number of nitrogens with one attached hydrogen (secondary N) is 1. The van der Waals surface area contributed by atoms with Crippen molar-refractivity contribution in [3.05, 3.63) is 47.8 Å². The Morgan fingerprint density at radius 2 is 2.00 bits per heavy atom. The lowest BCUT2D eigenvalue weighted by Gasteiger charge is -2.07. The lowest BCUT2D eigenvalue weighted by Crippen LogP contribution is -2.20. The average molecular weight is 311 g/mol. The second-order valence-corrected chi connectivity index (χ2v) is 4.58. The molecule has 1 aromatic carbocycles. The van der Waals surface area contributed by atoms with Gasteiger partial charge in [0, 0.05) is 17.4 Å². The Bertz CT molecular complexity index is 707. The molecule has 5 nitrogen and oxygen atoms in total. The number of hydrogen-bond donors (Lipinski definition) is 1. The van der Waals surface area contributed by atoms with Crippen molar-refractivity contribution >= 4 is 17.4 Å². The molecule has 8 heteroatoms. The molecule has 1 amide bonds. The van der Waals surface area contributed by atoms with Crippen LogP contribution in [-0.2, 0) is 17.5 Å². The van der Waals surface area contributed by atoms with Crippen LogP contribution in [0.25, 0.3) is 0 Å². The predicted octanol–water partition coefficient (Wildman–Crippen LogP) is 2.74. The highest BCUT2D eigenvalue weighted by atomic mass is 19.4. The number of ketones is 1. The summed E-state index contributed by atoms with van der Waals surface area (Å²) in [5.74, 6) is -0.699. The van der Waals surface area contributed by atoms with Gasteiger partial charge in [-0.05, 0) is 25.1 Å². The van der Waals surface area contributed by atoms with Gasteiger partial charge in [-0.2, -0.15) is 18.3 Å². The smallest absolute Gasteiger partial charge is 0.324 e. The zero-order valence-corrected chi connectivity index (χ0v) is 11.5. The van der Waals surface area contributed by atoms with Crippen molar-refractivity contribution in [3.63, 3.8) is 0 Å².